The van der Waals surface area contributed by atoms with Crippen LogP contribution in [0.4, 0.5) is 0 Å². The Bertz CT molecular complexity index is 1020. The number of fused-ring (bicyclic) bond motifs is 1. The maximum atomic E-state index is 13.4. The Morgan fingerprint density at radius 3 is 2.37 bits per heavy atom. The Balaban J connectivity index is 1.79. The lowest BCUT2D eigenvalue weighted by molar-refractivity contribution is -0.136. The molecule has 0 saturated carbocycles. The van der Waals surface area contributed by atoms with Gasteiger partial charge in [0.15, 0.2) is 0 Å². The molecule has 0 bridgehead atoms. The van der Waals surface area contributed by atoms with E-state index in [0.717, 1.165) is 22.6 Å². The number of rotatable bonds is 4. The molecule has 4 rings (SSSR count). The zero-order valence-electron chi connectivity index (χ0n) is 17.2. The van der Waals surface area contributed by atoms with Crippen LogP contribution in [0.25, 0.3) is 0 Å². The lowest BCUT2D eigenvalue weighted by Crippen LogP contribution is -2.41. The highest BCUT2D eigenvalue weighted by atomic mass is 16.5. The van der Waals surface area contributed by atoms with Crippen LogP contribution in [0.3, 0.4) is 0 Å². The molecular weight excluding hydrogens is 380 g/mol. The van der Waals surface area contributed by atoms with E-state index in [-0.39, 0.29) is 11.7 Å². The van der Waals surface area contributed by atoms with Gasteiger partial charge in [0.05, 0.1) is 25.7 Å². The third kappa shape index (κ3) is 3.49. The fourth-order valence-corrected chi connectivity index (χ4v) is 4.45. The van der Waals surface area contributed by atoms with Crippen LogP contribution >= 0.6 is 0 Å². The highest BCUT2D eigenvalue weighted by Gasteiger charge is 2.44. The van der Waals surface area contributed by atoms with Crippen molar-refractivity contribution in [3.05, 3.63) is 83.0 Å². The maximum Gasteiger partial charge on any atom is 0.336 e. The number of hydrogen-bond donors (Lipinski definition) is 1. The molecule has 30 heavy (non-hydrogen) atoms. The van der Waals surface area contributed by atoms with Gasteiger partial charge in [0.2, 0.25) is 0 Å². The number of benzene rings is 1. The second-order valence-electron chi connectivity index (χ2n) is 7.56. The Morgan fingerprint density at radius 1 is 1.03 bits per heavy atom. The van der Waals surface area contributed by atoms with Crippen molar-refractivity contribution in [2.45, 2.75) is 25.2 Å². The number of allylic oxidation sites excluding steroid dienone is 3. The quantitative estimate of drug-likeness (QED) is 0.786. The predicted molar refractivity (Wildman–Crippen MR) is 112 cm³/mol. The van der Waals surface area contributed by atoms with E-state index >= 15 is 0 Å². The summed E-state index contributed by atoms with van der Waals surface area (Å²) in [6.45, 7) is 1.85. The number of nitrogens with one attached hydrogen (secondary N) is 1. The number of nitrogens with zero attached hydrogens (tertiary/aromatic N) is 1. The van der Waals surface area contributed by atoms with E-state index in [4.69, 9.17) is 9.47 Å². The number of pyridine rings is 1. The standard InChI is InChI=1S/C24H24N2O4/c1-14-21(24(28)30-3)22(16-8-10-25-11-9-16)23-19(26-14)12-17(13-20(23)27)15-4-6-18(29-2)7-5-15/h4-12,17,22-23,26H,13H2,1-3H3. The summed E-state index contributed by atoms with van der Waals surface area (Å²) >= 11 is 0. The van der Waals surface area contributed by atoms with Crippen molar-refractivity contribution in [3.63, 3.8) is 0 Å². The molecule has 154 valence electrons. The van der Waals surface area contributed by atoms with Gasteiger partial charge >= 0.3 is 5.97 Å². The second-order valence-corrected chi connectivity index (χ2v) is 7.56. The number of esters is 1. The van der Waals surface area contributed by atoms with Crippen LogP contribution < -0.4 is 10.1 Å². The fraction of sp³-hybridized carbons (Fsp3) is 0.292. The summed E-state index contributed by atoms with van der Waals surface area (Å²) in [6, 6.07) is 11.5. The number of Topliss-reactive ketones (excluding diaryl/α,β-unsaturated/α-hetero) is 1. The summed E-state index contributed by atoms with van der Waals surface area (Å²) in [4.78, 5) is 30.1. The van der Waals surface area contributed by atoms with Crippen LogP contribution in [-0.4, -0.2) is 31.0 Å². The van der Waals surface area contributed by atoms with Gasteiger partial charge < -0.3 is 14.8 Å². The molecule has 0 spiro atoms. The van der Waals surface area contributed by atoms with Gasteiger partial charge in [-0.3, -0.25) is 9.78 Å². The number of carbonyl (C=O) groups is 2. The fourth-order valence-electron chi connectivity index (χ4n) is 4.45. The van der Waals surface area contributed by atoms with Crippen LogP contribution in [0.5, 0.6) is 5.75 Å². The average Bonchev–Trinajstić information content (AvgIpc) is 2.78. The van der Waals surface area contributed by atoms with E-state index in [0.29, 0.717) is 17.7 Å². The predicted octanol–water partition coefficient (Wildman–Crippen LogP) is 3.48. The summed E-state index contributed by atoms with van der Waals surface area (Å²) in [5.41, 5.74) is 3.95. The zero-order valence-corrected chi connectivity index (χ0v) is 17.2. The summed E-state index contributed by atoms with van der Waals surface area (Å²) in [5, 5.41) is 3.31. The third-order valence-electron chi connectivity index (χ3n) is 5.88. The van der Waals surface area contributed by atoms with Crippen molar-refractivity contribution in [2.75, 3.05) is 14.2 Å². The maximum absolute atomic E-state index is 13.4. The molecule has 1 aromatic carbocycles. The Hall–Kier alpha value is -3.41. The summed E-state index contributed by atoms with van der Waals surface area (Å²) in [7, 11) is 2.99. The number of ketones is 1. The van der Waals surface area contributed by atoms with E-state index in [1.54, 1.807) is 19.5 Å². The van der Waals surface area contributed by atoms with Crippen molar-refractivity contribution < 1.29 is 19.1 Å². The highest BCUT2D eigenvalue weighted by molar-refractivity contribution is 5.96. The Labute approximate surface area is 175 Å². The van der Waals surface area contributed by atoms with Crippen molar-refractivity contribution in [2.24, 2.45) is 5.92 Å². The second kappa shape index (κ2) is 8.14. The van der Waals surface area contributed by atoms with Crippen LogP contribution in [0, 0.1) is 5.92 Å². The molecule has 1 aliphatic carbocycles. The van der Waals surface area contributed by atoms with E-state index in [9.17, 15) is 9.59 Å². The van der Waals surface area contributed by atoms with Crippen molar-refractivity contribution >= 4 is 11.8 Å². The Morgan fingerprint density at radius 2 is 1.73 bits per heavy atom. The minimum atomic E-state index is -0.459. The first kappa shape index (κ1) is 19.9. The normalized spacial score (nSPS) is 23.2. The van der Waals surface area contributed by atoms with E-state index in [1.165, 1.54) is 7.11 Å². The SMILES string of the molecule is COC(=O)C1=C(C)NC2=CC(c3ccc(OC)cc3)CC(=O)C2C1c1ccncc1. The molecule has 3 atom stereocenters. The molecule has 2 aromatic rings. The van der Waals surface area contributed by atoms with E-state index in [2.05, 4.69) is 16.4 Å². The average molecular weight is 404 g/mol. The monoisotopic (exact) mass is 404 g/mol. The smallest absolute Gasteiger partial charge is 0.336 e. The van der Waals surface area contributed by atoms with E-state index in [1.807, 2.05) is 43.3 Å². The molecule has 0 amide bonds. The molecule has 2 heterocycles. The van der Waals surface area contributed by atoms with Crippen molar-refractivity contribution in [1.82, 2.24) is 10.3 Å². The summed E-state index contributed by atoms with van der Waals surface area (Å²) in [5.74, 6) is -0.450. The van der Waals surface area contributed by atoms with Gasteiger partial charge in [0.25, 0.3) is 0 Å². The molecular formula is C24H24N2O4. The van der Waals surface area contributed by atoms with Gasteiger partial charge in [-0.05, 0) is 42.3 Å². The Kier molecular flexibility index (Phi) is 5.40. The summed E-state index contributed by atoms with van der Waals surface area (Å²) < 4.78 is 10.3. The molecule has 2 aliphatic rings. The number of aromatic nitrogens is 1. The molecule has 0 fully saturated rings. The molecule has 1 aromatic heterocycles. The van der Waals surface area contributed by atoms with Crippen LogP contribution in [0.1, 0.15) is 36.3 Å². The molecule has 3 unspecified atom stereocenters. The molecule has 6 nitrogen and oxygen atoms in total. The third-order valence-corrected chi connectivity index (χ3v) is 5.88. The molecule has 6 heteroatoms. The zero-order chi connectivity index (χ0) is 21.3. The van der Waals surface area contributed by atoms with Gasteiger partial charge in [0.1, 0.15) is 11.5 Å². The topological polar surface area (TPSA) is 77.5 Å². The lowest BCUT2D eigenvalue weighted by Gasteiger charge is -2.39. The highest BCUT2D eigenvalue weighted by Crippen LogP contribution is 2.46. The van der Waals surface area contributed by atoms with Crippen molar-refractivity contribution in [3.8, 4) is 5.75 Å². The summed E-state index contributed by atoms with van der Waals surface area (Å²) in [6.07, 6.45) is 5.84. The first-order chi connectivity index (χ1) is 14.5. The molecule has 1 N–H and O–H groups in total. The number of carbonyl (C=O) groups excluding carboxylic acids is 2. The number of methoxy groups -OCH3 is 2. The van der Waals surface area contributed by atoms with Crippen LogP contribution in [0.15, 0.2) is 71.8 Å². The molecule has 1 aliphatic heterocycles. The number of hydrogen-bond acceptors (Lipinski definition) is 6. The van der Waals surface area contributed by atoms with Gasteiger partial charge in [-0.2, -0.15) is 0 Å². The first-order valence-corrected chi connectivity index (χ1v) is 9.88. The minimum Gasteiger partial charge on any atom is -0.497 e. The van der Waals surface area contributed by atoms with Crippen LogP contribution in [0.2, 0.25) is 0 Å². The van der Waals surface area contributed by atoms with Gasteiger partial charge in [0, 0.05) is 42.0 Å². The van der Waals surface area contributed by atoms with E-state index < -0.39 is 17.8 Å². The molecule has 0 saturated heterocycles. The van der Waals surface area contributed by atoms with Gasteiger partial charge in [-0.15, -0.1) is 0 Å². The molecule has 0 radical (unpaired) electrons. The first-order valence-electron chi connectivity index (χ1n) is 9.88. The largest absolute Gasteiger partial charge is 0.497 e. The minimum absolute atomic E-state index is 0.0345. The van der Waals surface area contributed by atoms with Crippen molar-refractivity contribution in [1.29, 1.82) is 0 Å². The number of ether oxygens (including phenoxy) is 2. The van der Waals surface area contributed by atoms with Crippen LogP contribution in [-0.2, 0) is 14.3 Å². The van der Waals surface area contributed by atoms with Gasteiger partial charge in [-0.1, -0.05) is 18.2 Å². The van der Waals surface area contributed by atoms with Gasteiger partial charge in [-0.25, -0.2) is 4.79 Å². The lowest BCUT2D eigenvalue weighted by atomic mass is 9.69.